The number of carbonyl (C=O) groups is 1. The van der Waals surface area contributed by atoms with Crippen LogP contribution in [-0.4, -0.2) is 32.9 Å². The number of nitrogens with zero attached hydrogens (tertiary/aromatic N) is 2. The van der Waals surface area contributed by atoms with E-state index in [0.29, 0.717) is 13.0 Å². The zero-order valence-corrected chi connectivity index (χ0v) is 19.4. The number of hydrogen-bond acceptors (Lipinski definition) is 6. The second-order valence-electron chi connectivity index (χ2n) is 6.80. The smallest absolute Gasteiger partial charge is 0.571 e. The van der Waals surface area contributed by atoms with E-state index in [0.717, 1.165) is 25.0 Å². The molecule has 1 fully saturated rings. The van der Waals surface area contributed by atoms with Gasteiger partial charge in [0.1, 0.15) is 21.6 Å². The summed E-state index contributed by atoms with van der Waals surface area (Å²) in [6.45, 7) is 0.425. The van der Waals surface area contributed by atoms with Crippen molar-refractivity contribution in [3.63, 3.8) is 0 Å². The van der Waals surface area contributed by atoms with Crippen LogP contribution in [0.1, 0.15) is 29.6 Å². The SMILES string of the molecule is COc1ccc(F)cc1S(=O)(=O)[N-]c1cnc2c(c1)C(=O)CC1(CC1)CO2.[K+]. The molecule has 1 aliphatic carbocycles. The molecule has 142 valence electrons. The molecular weight excluding hydrogens is 414 g/mol. The molecule has 10 heteroatoms. The first kappa shape index (κ1) is 21.7. The maximum absolute atomic E-state index is 13.5. The number of fused-ring (bicyclic) bond motifs is 1. The van der Waals surface area contributed by atoms with Crippen LogP contribution >= 0.6 is 0 Å². The number of ether oxygens (including phenoxy) is 2. The Labute approximate surface area is 204 Å². The van der Waals surface area contributed by atoms with Gasteiger partial charge in [-0.2, -0.15) is 0 Å². The topological polar surface area (TPSA) is 96.7 Å². The quantitative estimate of drug-likeness (QED) is 0.651. The minimum absolute atomic E-state index is 0. The van der Waals surface area contributed by atoms with E-state index < -0.39 is 20.7 Å². The maximum Gasteiger partial charge on any atom is 1.00 e. The van der Waals surface area contributed by atoms with Crippen LogP contribution in [0.4, 0.5) is 10.1 Å². The summed E-state index contributed by atoms with van der Waals surface area (Å²) in [5, 5.41) is 0. The third-order valence-corrected chi connectivity index (χ3v) is 6.10. The monoisotopic (exact) mass is 430 g/mol. The van der Waals surface area contributed by atoms with Gasteiger partial charge in [0.25, 0.3) is 0 Å². The number of pyridine rings is 1. The van der Waals surface area contributed by atoms with Gasteiger partial charge < -0.3 is 14.2 Å². The van der Waals surface area contributed by atoms with Crippen molar-refractivity contribution in [2.75, 3.05) is 13.7 Å². The molecule has 2 aromatic rings. The number of Topliss-reactive ketones (excluding diaryl/α,β-unsaturated/α-hetero) is 1. The van der Waals surface area contributed by atoms with Crippen molar-refractivity contribution in [3.05, 3.63) is 46.6 Å². The number of halogens is 1. The Morgan fingerprint density at radius 2 is 2.04 bits per heavy atom. The number of ketones is 1. The first-order chi connectivity index (χ1) is 12.8. The normalized spacial score (nSPS) is 17.0. The molecule has 2 aliphatic rings. The number of carbonyl (C=O) groups excluding carboxylic acids is 1. The van der Waals surface area contributed by atoms with Crippen LogP contribution in [0.15, 0.2) is 35.4 Å². The van der Waals surface area contributed by atoms with Gasteiger partial charge in [0.05, 0.1) is 24.2 Å². The molecule has 0 unspecified atom stereocenters. The fraction of sp³-hybridized carbons (Fsp3) is 0.333. The van der Waals surface area contributed by atoms with Crippen molar-refractivity contribution in [1.82, 2.24) is 4.98 Å². The first-order valence-corrected chi connectivity index (χ1v) is 9.74. The molecule has 1 aromatic carbocycles. The number of aromatic nitrogens is 1. The van der Waals surface area contributed by atoms with Crippen LogP contribution in [-0.2, 0) is 10.0 Å². The molecule has 0 amide bonds. The van der Waals surface area contributed by atoms with Gasteiger partial charge in [-0.25, -0.2) is 17.8 Å². The summed E-state index contributed by atoms with van der Waals surface area (Å²) in [6, 6.07) is 4.47. The van der Waals surface area contributed by atoms with E-state index in [4.69, 9.17) is 9.47 Å². The maximum atomic E-state index is 13.5. The Bertz CT molecular complexity index is 1040. The molecular formula is C18H16FKN2O5S. The van der Waals surface area contributed by atoms with Crippen molar-refractivity contribution in [3.8, 4) is 11.6 Å². The Kier molecular flexibility index (Phi) is 6.19. The van der Waals surface area contributed by atoms with Gasteiger partial charge in [0.15, 0.2) is 5.78 Å². The molecule has 1 aliphatic heterocycles. The minimum Gasteiger partial charge on any atom is -0.571 e. The molecule has 0 radical (unpaired) electrons. The van der Waals surface area contributed by atoms with Crippen molar-refractivity contribution >= 4 is 21.5 Å². The van der Waals surface area contributed by atoms with E-state index >= 15 is 0 Å². The summed E-state index contributed by atoms with van der Waals surface area (Å²) in [4.78, 5) is 16.2. The molecule has 2 heterocycles. The van der Waals surface area contributed by atoms with Crippen molar-refractivity contribution in [2.24, 2.45) is 5.41 Å². The van der Waals surface area contributed by atoms with Crippen LogP contribution in [0.25, 0.3) is 4.72 Å². The van der Waals surface area contributed by atoms with Crippen LogP contribution < -0.4 is 60.9 Å². The summed E-state index contributed by atoms with van der Waals surface area (Å²) in [5.74, 6) is -0.727. The predicted octanol–water partition coefficient (Wildman–Crippen LogP) is 0.373. The van der Waals surface area contributed by atoms with E-state index in [1.807, 2.05) is 0 Å². The van der Waals surface area contributed by atoms with Gasteiger partial charge in [-0.1, -0.05) is 6.07 Å². The summed E-state index contributed by atoms with van der Waals surface area (Å²) in [7, 11) is -3.00. The Morgan fingerprint density at radius 3 is 2.71 bits per heavy atom. The summed E-state index contributed by atoms with van der Waals surface area (Å²) < 4.78 is 53.0. The molecule has 4 rings (SSSR count). The van der Waals surface area contributed by atoms with Gasteiger partial charge in [0.2, 0.25) is 5.88 Å². The van der Waals surface area contributed by atoms with Crippen molar-refractivity contribution in [1.29, 1.82) is 0 Å². The largest absolute Gasteiger partial charge is 1.00 e. The van der Waals surface area contributed by atoms with Gasteiger partial charge in [-0.05, 0) is 31.0 Å². The van der Waals surface area contributed by atoms with E-state index in [1.165, 1.54) is 25.4 Å². The Balaban J connectivity index is 0.00000225. The molecule has 0 bridgehead atoms. The molecule has 0 atom stereocenters. The van der Waals surface area contributed by atoms with Crippen LogP contribution in [0.5, 0.6) is 11.6 Å². The van der Waals surface area contributed by atoms with Gasteiger partial charge in [-0.15, -0.1) is 5.69 Å². The average Bonchev–Trinajstić information content (AvgIpc) is 3.41. The van der Waals surface area contributed by atoms with Crippen molar-refractivity contribution in [2.45, 2.75) is 24.2 Å². The fourth-order valence-electron chi connectivity index (χ4n) is 3.05. The standard InChI is InChI=1S/C18H16FN2O5S.K/c1-25-15-3-2-11(19)6-16(15)27(23,24)21-12-7-13-14(22)8-18(4-5-18)10-26-17(13)20-9-12;/h2-3,6-7,9H,4-5,8,10H2,1H3;/q-1;+1. The Hall–Kier alpha value is -1.04. The molecule has 1 aromatic heterocycles. The molecule has 0 N–H and O–H groups in total. The number of sulfonamides is 1. The third kappa shape index (κ3) is 4.26. The van der Waals surface area contributed by atoms with E-state index in [9.17, 15) is 17.6 Å². The average molecular weight is 430 g/mol. The fourth-order valence-corrected chi connectivity index (χ4v) is 4.20. The number of methoxy groups -OCH3 is 1. The Morgan fingerprint density at radius 1 is 1.29 bits per heavy atom. The van der Waals surface area contributed by atoms with Gasteiger partial charge in [0, 0.05) is 18.0 Å². The van der Waals surface area contributed by atoms with Crippen LogP contribution in [0.3, 0.4) is 0 Å². The van der Waals surface area contributed by atoms with Gasteiger partial charge in [-0.3, -0.25) is 4.79 Å². The minimum atomic E-state index is -4.27. The number of benzene rings is 1. The van der Waals surface area contributed by atoms with E-state index in [2.05, 4.69) is 9.71 Å². The third-order valence-electron chi connectivity index (χ3n) is 4.77. The van der Waals surface area contributed by atoms with Crippen molar-refractivity contribution < 1.29 is 78.5 Å². The number of hydrogen-bond donors (Lipinski definition) is 0. The summed E-state index contributed by atoms with van der Waals surface area (Å²) >= 11 is 0. The van der Waals surface area contributed by atoms with Crippen LogP contribution in [0, 0.1) is 11.2 Å². The zero-order chi connectivity index (χ0) is 19.2. The molecule has 1 saturated carbocycles. The zero-order valence-electron chi connectivity index (χ0n) is 15.4. The van der Waals surface area contributed by atoms with Gasteiger partial charge >= 0.3 is 51.4 Å². The predicted molar refractivity (Wildman–Crippen MR) is 93.5 cm³/mol. The first-order valence-electron chi connectivity index (χ1n) is 8.30. The summed E-state index contributed by atoms with van der Waals surface area (Å²) in [5.41, 5.74) is 0.0565. The molecule has 7 nitrogen and oxygen atoms in total. The van der Waals surface area contributed by atoms with E-state index in [-0.39, 0.29) is 85.5 Å². The molecule has 1 spiro atoms. The number of rotatable bonds is 4. The molecule has 28 heavy (non-hydrogen) atoms. The molecule has 0 saturated heterocycles. The van der Waals surface area contributed by atoms with E-state index in [1.54, 1.807) is 0 Å². The second kappa shape index (κ2) is 8.00. The second-order valence-corrected chi connectivity index (χ2v) is 8.37. The van der Waals surface area contributed by atoms with Crippen LogP contribution in [0.2, 0.25) is 0 Å². The summed E-state index contributed by atoms with van der Waals surface area (Å²) in [6.07, 6.45) is 3.41.